The number of nitrogens with two attached hydrogens (primary N) is 1. The molecule has 0 heterocycles. The predicted molar refractivity (Wildman–Crippen MR) is 102 cm³/mol. The van der Waals surface area contributed by atoms with E-state index in [-0.39, 0.29) is 0 Å². The van der Waals surface area contributed by atoms with Gasteiger partial charge in [0, 0.05) is 0 Å². The second kappa shape index (κ2) is 16.7. The highest BCUT2D eigenvalue weighted by molar-refractivity contribution is 5.84. The summed E-state index contributed by atoms with van der Waals surface area (Å²) >= 11 is 0. The molecule has 5 N–H and O–H groups in total. The number of hydrogen-bond acceptors (Lipinski definition) is 5. The molecule has 0 aromatic rings. The van der Waals surface area contributed by atoms with Crippen molar-refractivity contribution in [1.82, 2.24) is 0 Å². The molecule has 0 amide bonds. The van der Waals surface area contributed by atoms with Gasteiger partial charge in [0.25, 0.3) is 0 Å². The SMILES string of the molecule is CCCCCCCCCCCCC/C=C/[C@@H](O)[C@@H](N)C(O)C(=O)CO. The van der Waals surface area contributed by atoms with Crippen LogP contribution in [0.4, 0.5) is 0 Å². The Labute approximate surface area is 153 Å². The molecule has 0 aliphatic heterocycles. The van der Waals surface area contributed by atoms with Crippen molar-refractivity contribution in [3.63, 3.8) is 0 Å². The predicted octanol–water partition coefficient (Wildman–Crippen LogP) is 2.85. The van der Waals surface area contributed by atoms with Gasteiger partial charge in [-0.3, -0.25) is 4.79 Å². The van der Waals surface area contributed by atoms with Crippen LogP contribution in [0.5, 0.6) is 0 Å². The van der Waals surface area contributed by atoms with E-state index in [1.54, 1.807) is 0 Å². The first-order chi connectivity index (χ1) is 12.0. The van der Waals surface area contributed by atoms with Crippen molar-refractivity contribution in [2.24, 2.45) is 5.73 Å². The van der Waals surface area contributed by atoms with E-state index in [9.17, 15) is 15.0 Å². The van der Waals surface area contributed by atoms with Gasteiger partial charge in [0.2, 0.25) is 0 Å². The highest BCUT2D eigenvalue weighted by atomic mass is 16.3. The zero-order valence-corrected chi connectivity index (χ0v) is 15.9. The number of Topliss-reactive ketones (excluding diaryl/α,β-unsaturated/α-hetero) is 1. The molecule has 25 heavy (non-hydrogen) atoms. The summed E-state index contributed by atoms with van der Waals surface area (Å²) in [6.07, 6.45) is 15.8. The van der Waals surface area contributed by atoms with Gasteiger partial charge in [-0.15, -0.1) is 0 Å². The number of carbonyl (C=O) groups is 1. The Kier molecular flexibility index (Phi) is 16.2. The molecule has 3 atom stereocenters. The molecule has 0 aliphatic carbocycles. The lowest BCUT2D eigenvalue weighted by Crippen LogP contribution is -2.48. The molecule has 0 aliphatic rings. The Balaban J connectivity index is 3.55. The molecular formula is C20H39NO4. The number of unbranched alkanes of at least 4 members (excludes halogenated alkanes) is 11. The summed E-state index contributed by atoms with van der Waals surface area (Å²) in [6.45, 7) is 1.47. The number of carbonyl (C=O) groups excluding carboxylic acids is 1. The van der Waals surface area contributed by atoms with Crippen molar-refractivity contribution < 1.29 is 20.1 Å². The van der Waals surface area contributed by atoms with E-state index in [1.165, 1.54) is 70.3 Å². The van der Waals surface area contributed by atoms with Crippen LogP contribution in [0.2, 0.25) is 0 Å². The summed E-state index contributed by atoms with van der Waals surface area (Å²) in [5, 5.41) is 28.0. The van der Waals surface area contributed by atoms with Gasteiger partial charge < -0.3 is 21.1 Å². The Morgan fingerprint density at radius 1 is 0.920 bits per heavy atom. The van der Waals surface area contributed by atoms with Crippen LogP contribution in [-0.4, -0.2) is 46.0 Å². The number of aliphatic hydroxyl groups is 3. The van der Waals surface area contributed by atoms with Crippen molar-refractivity contribution in [3.8, 4) is 0 Å². The largest absolute Gasteiger partial charge is 0.388 e. The molecular weight excluding hydrogens is 318 g/mol. The van der Waals surface area contributed by atoms with Gasteiger partial charge in [-0.05, 0) is 12.8 Å². The van der Waals surface area contributed by atoms with Gasteiger partial charge in [0.1, 0.15) is 12.7 Å². The third-order valence-corrected chi connectivity index (χ3v) is 4.55. The minimum absolute atomic E-state index is 0.773. The standard InChI is InChI=1S/C20H39NO4/c1-2-3-4-5-6-7-8-9-10-11-12-13-14-15-17(23)19(21)20(25)18(24)16-22/h14-15,17,19-20,22-23,25H,2-13,16,21H2,1H3/b15-14+/t17-,19-,20?/m1/s1. The zero-order valence-electron chi connectivity index (χ0n) is 15.9. The molecule has 0 aromatic carbocycles. The van der Waals surface area contributed by atoms with Crippen LogP contribution in [-0.2, 0) is 4.79 Å². The molecule has 148 valence electrons. The van der Waals surface area contributed by atoms with Crippen LogP contribution < -0.4 is 5.73 Å². The summed E-state index contributed by atoms with van der Waals surface area (Å²) in [5.74, 6) is -0.773. The van der Waals surface area contributed by atoms with Gasteiger partial charge in [-0.2, -0.15) is 0 Å². The van der Waals surface area contributed by atoms with E-state index in [4.69, 9.17) is 10.8 Å². The number of aliphatic hydroxyl groups excluding tert-OH is 3. The van der Waals surface area contributed by atoms with E-state index < -0.39 is 30.6 Å². The van der Waals surface area contributed by atoms with Crippen molar-refractivity contribution in [3.05, 3.63) is 12.2 Å². The summed E-state index contributed by atoms with van der Waals surface area (Å²) < 4.78 is 0. The Hall–Kier alpha value is -0.750. The smallest absolute Gasteiger partial charge is 0.188 e. The Morgan fingerprint density at radius 2 is 1.40 bits per heavy atom. The summed E-state index contributed by atoms with van der Waals surface area (Å²) in [4.78, 5) is 11.1. The van der Waals surface area contributed by atoms with Crippen LogP contribution in [0.25, 0.3) is 0 Å². The maximum Gasteiger partial charge on any atom is 0.188 e. The van der Waals surface area contributed by atoms with Gasteiger partial charge in [0.05, 0.1) is 12.1 Å². The summed E-state index contributed by atoms with van der Waals surface area (Å²) in [5.41, 5.74) is 5.60. The molecule has 1 unspecified atom stereocenters. The summed E-state index contributed by atoms with van der Waals surface area (Å²) in [6, 6.07) is -1.10. The number of ketones is 1. The van der Waals surface area contributed by atoms with E-state index in [2.05, 4.69) is 6.92 Å². The van der Waals surface area contributed by atoms with E-state index in [0.29, 0.717) is 0 Å². The normalized spacial score (nSPS) is 15.4. The van der Waals surface area contributed by atoms with Crippen molar-refractivity contribution in [2.45, 2.75) is 102 Å². The molecule has 0 spiro atoms. The Morgan fingerprint density at radius 3 is 1.88 bits per heavy atom. The Bertz CT molecular complexity index is 347. The third-order valence-electron chi connectivity index (χ3n) is 4.55. The first-order valence-corrected chi connectivity index (χ1v) is 9.96. The van der Waals surface area contributed by atoms with Gasteiger partial charge in [-0.25, -0.2) is 0 Å². The number of allylic oxidation sites excluding steroid dienone is 1. The lowest BCUT2D eigenvalue weighted by Gasteiger charge is -2.20. The zero-order chi connectivity index (χ0) is 18.9. The molecule has 0 aromatic heterocycles. The molecule has 0 bridgehead atoms. The van der Waals surface area contributed by atoms with Gasteiger partial charge in [-0.1, -0.05) is 83.3 Å². The van der Waals surface area contributed by atoms with Crippen LogP contribution in [0, 0.1) is 0 Å². The fourth-order valence-electron chi connectivity index (χ4n) is 2.79. The van der Waals surface area contributed by atoms with Crippen LogP contribution >= 0.6 is 0 Å². The maximum atomic E-state index is 11.1. The quantitative estimate of drug-likeness (QED) is 0.237. The van der Waals surface area contributed by atoms with Crippen molar-refractivity contribution in [1.29, 1.82) is 0 Å². The van der Waals surface area contributed by atoms with Gasteiger partial charge in [0.15, 0.2) is 5.78 Å². The van der Waals surface area contributed by atoms with Gasteiger partial charge >= 0.3 is 0 Å². The van der Waals surface area contributed by atoms with Crippen LogP contribution in [0.3, 0.4) is 0 Å². The molecule has 5 heteroatoms. The number of hydrogen-bond donors (Lipinski definition) is 4. The highest BCUT2D eigenvalue weighted by Gasteiger charge is 2.26. The summed E-state index contributed by atoms with van der Waals surface area (Å²) in [7, 11) is 0. The van der Waals surface area contributed by atoms with Crippen LogP contribution in [0.1, 0.15) is 84.0 Å². The first kappa shape index (κ1) is 24.2. The first-order valence-electron chi connectivity index (χ1n) is 9.96. The van der Waals surface area contributed by atoms with Crippen molar-refractivity contribution in [2.75, 3.05) is 6.61 Å². The molecule has 0 rings (SSSR count). The second-order valence-corrected chi connectivity index (χ2v) is 6.89. The average molecular weight is 358 g/mol. The molecule has 0 saturated carbocycles. The average Bonchev–Trinajstić information content (AvgIpc) is 2.63. The van der Waals surface area contributed by atoms with E-state index >= 15 is 0 Å². The molecule has 5 nitrogen and oxygen atoms in total. The molecule has 0 radical (unpaired) electrons. The minimum Gasteiger partial charge on any atom is -0.388 e. The van der Waals surface area contributed by atoms with E-state index in [0.717, 1.165) is 12.8 Å². The topological polar surface area (TPSA) is 104 Å². The minimum atomic E-state index is -1.54. The molecule has 0 saturated heterocycles. The fourth-order valence-corrected chi connectivity index (χ4v) is 2.79. The third kappa shape index (κ3) is 13.2. The lowest BCUT2D eigenvalue weighted by molar-refractivity contribution is -0.132. The van der Waals surface area contributed by atoms with Crippen LogP contribution in [0.15, 0.2) is 12.2 Å². The maximum absolute atomic E-state index is 11.1. The lowest BCUT2D eigenvalue weighted by atomic mass is 10.0. The monoisotopic (exact) mass is 357 g/mol. The molecule has 0 fully saturated rings. The highest BCUT2D eigenvalue weighted by Crippen LogP contribution is 2.12. The second-order valence-electron chi connectivity index (χ2n) is 6.89. The fraction of sp³-hybridized carbons (Fsp3) is 0.850. The number of rotatable bonds is 17. The van der Waals surface area contributed by atoms with E-state index in [1.807, 2.05) is 6.08 Å². The van der Waals surface area contributed by atoms with Crippen molar-refractivity contribution >= 4 is 5.78 Å².